The zero-order chi connectivity index (χ0) is 8.27. The Hall–Kier alpha value is -0.280. The van der Waals surface area contributed by atoms with Crippen molar-refractivity contribution in [3.05, 3.63) is 21.7 Å². The van der Waals surface area contributed by atoms with Crippen molar-refractivity contribution in [3.8, 4) is 0 Å². The fraction of sp³-hybridized carbons (Fsp3) is 0.375. The average molecular weight is 185 g/mol. The normalized spacial score (nSPS) is 11.2. The summed E-state index contributed by atoms with van der Waals surface area (Å²) < 4.78 is 0. The van der Waals surface area contributed by atoms with Crippen molar-refractivity contribution < 1.29 is 0 Å². The van der Waals surface area contributed by atoms with Crippen LogP contribution in [0.3, 0.4) is 0 Å². The molecule has 11 heavy (non-hydrogen) atoms. The van der Waals surface area contributed by atoms with Gasteiger partial charge in [0.15, 0.2) is 0 Å². The quantitative estimate of drug-likeness (QED) is 0.699. The Balaban J connectivity index is 2.80. The number of nitrogens with zero attached hydrogens (tertiary/aromatic N) is 1. The summed E-state index contributed by atoms with van der Waals surface area (Å²) in [7, 11) is 0. The Morgan fingerprint density at radius 2 is 2.27 bits per heavy atom. The van der Waals surface area contributed by atoms with Gasteiger partial charge in [0.2, 0.25) is 0 Å². The number of hydrogen-bond donors (Lipinski definition) is 1. The monoisotopic (exact) mass is 185 g/mol. The lowest BCUT2D eigenvalue weighted by Gasteiger charge is -1.79. The van der Waals surface area contributed by atoms with E-state index in [-0.39, 0.29) is 0 Å². The Morgan fingerprint density at radius 3 is 2.73 bits per heavy atom. The molecule has 0 saturated heterocycles. The summed E-state index contributed by atoms with van der Waals surface area (Å²) in [6, 6.07) is 0. The molecule has 0 radical (unpaired) electrons. The second-order valence-electron chi connectivity index (χ2n) is 2.28. The fourth-order valence-corrected chi connectivity index (χ4v) is 1.68. The van der Waals surface area contributed by atoms with Gasteiger partial charge in [-0.2, -0.15) is 12.6 Å². The third kappa shape index (κ3) is 2.34. The minimum absolute atomic E-state index is 0.775. The lowest BCUT2D eigenvalue weighted by Crippen LogP contribution is -1.72. The van der Waals surface area contributed by atoms with E-state index in [1.54, 1.807) is 11.3 Å². The molecule has 0 aliphatic carbocycles. The molecule has 1 heterocycles. The van der Waals surface area contributed by atoms with Gasteiger partial charge in [-0.25, -0.2) is 4.98 Å². The van der Waals surface area contributed by atoms with E-state index in [0.29, 0.717) is 0 Å². The van der Waals surface area contributed by atoms with Crippen LogP contribution in [0.1, 0.15) is 15.6 Å². The molecule has 1 rings (SSSR count). The summed E-state index contributed by atoms with van der Waals surface area (Å²) >= 11 is 5.80. The Morgan fingerprint density at radius 1 is 1.55 bits per heavy atom. The van der Waals surface area contributed by atoms with E-state index in [2.05, 4.69) is 24.5 Å². The van der Waals surface area contributed by atoms with Crippen molar-refractivity contribution >= 4 is 30.0 Å². The zero-order valence-corrected chi connectivity index (χ0v) is 8.38. The third-order valence-electron chi connectivity index (χ3n) is 1.41. The summed E-state index contributed by atoms with van der Waals surface area (Å²) in [5.74, 6) is 0.775. The number of hydrogen-bond acceptors (Lipinski definition) is 3. The number of rotatable bonds is 2. The second kappa shape index (κ2) is 3.93. The first-order valence-corrected chi connectivity index (χ1v) is 4.90. The van der Waals surface area contributed by atoms with Crippen LogP contribution in [0.2, 0.25) is 0 Å². The average Bonchev–Trinajstić information content (AvgIpc) is 2.28. The van der Waals surface area contributed by atoms with E-state index >= 15 is 0 Å². The highest BCUT2D eigenvalue weighted by Crippen LogP contribution is 2.17. The van der Waals surface area contributed by atoms with Gasteiger partial charge >= 0.3 is 0 Å². The largest absolute Gasteiger partial charge is 0.242 e. The third-order valence-corrected chi connectivity index (χ3v) is 2.66. The summed E-state index contributed by atoms with van der Waals surface area (Å²) in [6.07, 6.45) is 4.01. The Kier molecular flexibility index (Phi) is 3.15. The highest BCUT2D eigenvalue weighted by atomic mass is 32.1. The van der Waals surface area contributed by atoms with E-state index in [4.69, 9.17) is 0 Å². The maximum atomic E-state index is 4.35. The predicted octanol–water partition coefficient (Wildman–Crippen LogP) is 2.70. The maximum absolute atomic E-state index is 4.35. The molecule has 0 bridgehead atoms. The van der Waals surface area contributed by atoms with Crippen molar-refractivity contribution in [1.29, 1.82) is 0 Å². The molecule has 1 aromatic rings. The van der Waals surface area contributed by atoms with Crippen LogP contribution < -0.4 is 0 Å². The molecule has 0 saturated carbocycles. The lowest BCUT2D eigenvalue weighted by atomic mass is 10.4. The first-order chi connectivity index (χ1) is 5.24. The topological polar surface area (TPSA) is 12.9 Å². The molecule has 60 valence electrons. The molecule has 0 unspecified atom stereocenters. The minimum Gasteiger partial charge on any atom is -0.242 e. The molecule has 0 fully saturated rings. The summed E-state index contributed by atoms with van der Waals surface area (Å²) in [5.41, 5.74) is 1.13. The standard InChI is InChI=1S/C8H11NS2/c1-6-7(2)11-8(9-6)4-3-5-10/h3-4,10H,5H2,1-2H3. The van der Waals surface area contributed by atoms with Crippen molar-refractivity contribution in [2.24, 2.45) is 0 Å². The van der Waals surface area contributed by atoms with Crippen LogP contribution in [0.25, 0.3) is 6.08 Å². The lowest BCUT2D eigenvalue weighted by molar-refractivity contribution is 1.22. The van der Waals surface area contributed by atoms with E-state index in [1.165, 1.54) is 4.88 Å². The first kappa shape index (κ1) is 8.81. The highest BCUT2D eigenvalue weighted by molar-refractivity contribution is 7.80. The summed E-state index contributed by atoms with van der Waals surface area (Å²) in [5, 5.41) is 1.08. The van der Waals surface area contributed by atoms with E-state index < -0.39 is 0 Å². The van der Waals surface area contributed by atoms with Crippen LogP contribution in [0.4, 0.5) is 0 Å². The molecule has 1 aromatic heterocycles. The molecule has 0 aromatic carbocycles. The smallest absolute Gasteiger partial charge is 0.116 e. The Bertz CT molecular complexity index is 244. The van der Waals surface area contributed by atoms with Gasteiger partial charge in [0, 0.05) is 10.6 Å². The van der Waals surface area contributed by atoms with Gasteiger partial charge in [0.05, 0.1) is 5.69 Å². The van der Waals surface area contributed by atoms with E-state index in [0.717, 1.165) is 16.5 Å². The van der Waals surface area contributed by atoms with Gasteiger partial charge in [0.25, 0.3) is 0 Å². The maximum Gasteiger partial charge on any atom is 0.116 e. The highest BCUT2D eigenvalue weighted by Gasteiger charge is 1.98. The summed E-state index contributed by atoms with van der Waals surface area (Å²) in [6.45, 7) is 4.12. The van der Waals surface area contributed by atoms with Gasteiger partial charge in [-0.15, -0.1) is 11.3 Å². The number of thiazole rings is 1. The van der Waals surface area contributed by atoms with Gasteiger partial charge in [0.1, 0.15) is 5.01 Å². The molecular weight excluding hydrogens is 174 g/mol. The fourth-order valence-electron chi connectivity index (χ4n) is 0.722. The van der Waals surface area contributed by atoms with Crippen molar-refractivity contribution in [2.45, 2.75) is 13.8 Å². The van der Waals surface area contributed by atoms with Crippen molar-refractivity contribution in [1.82, 2.24) is 4.98 Å². The molecule has 3 heteroatoms. The van der Waals surface area contributed by atoms with Crippen LogP contribution in [0, 0.1) is 13.8 Å². The SMILES string of the molecule is Cc1nc(C=CCS)sc1C. The van der Waals surface area contributed by atoms with Crippen LogP contribution in [-0.2, 0) is 0 Å². The molecule has 0 aliphatic heterocycles. The van der Waals surface area contributed by atoms with Crippen LogP contribution in [0.15, 0.2) is 6.08 Å². The van der Waals surface area contributed by atoms with Gasteiger partial charge in [-0.05, 0) is 19.9 Å². The first-order valence-electron chi connectivity index (χ1n) is 3.45. The van der Waals surface area contributed by atoms with Crippen LogP contribution >= 0.6 is 24.0 Å². The van der Waals surface area contributed by atoms with Crippen molar-refractivity contribution in [2.75, 3.05) is 5.75 Å². The van der Waals surface area contributed by atoms with E-state index in [9.17, 15) is 0 Å². The molecule has 0 amide bonds. The molecule has 0 atom stereocenters. The summed E-state index contributed by atoms with van der Waals surface area (Å²) in [4.78, 5) is 5.64. The minimum atomic E-state index is 0.775. The van der Waals surface area contributed by atoms with Crippen molar-refractivity contribution in [3.63, 3.8) is 0 Å². The zero-order valence-electron chi connectivity index (χ0n) is 6.66. The van der Waals surface area contributed by atoms with E-state index in [1.807, 2.05) is 19.1 Å². The predicted molar refractivity (Wildman–Crippen MR) is 54.5 cm³/mol. The van der Waals surface area contributed by atoms with Crippen LogP contribution in [0.5, 0.6) is 0 Å². The second-order valence-corrected chi connectivity index (χ2v) is 3.88. The molecule has 0 N–H and O–H groups in total. The van der Waals surface area contributed by atoms with Crippen LogP contribution in [-0.4, -0.2) is 10.7 Å². The van der Waals surface area contributed by atoms with Gasteiger partial charge in [-0.1, -0.05) is 6.08 Å². The number of aryl methyl sites for hydroxylation is 2. The van der Waals surface area contributed by atoms with Gasteiger partial charge in [-0.3, -0.25) is 0 Å². The molecule has 1 nitrogen and oxygen atoms in total. The Labute approximate surface area is 76.6 Å². The number of thiol groups is 1. The molecular formula is C8H11NS2. The molecule has 0 aliphatic rings. The van der Waals surface area contributed by atoms with Gasteiger partial charge < -0.3 is 0 Å². The number of aromatic nitrogens is 1. The molecule has 0 spiro atoms.